The summed E-state index contributed by atoms with van der Waals surface area (Å²) in [6.07, 6.45) is 0. The lowest BCUT2D eigenvalue weighted by Gasteiger charge is -2.02. The summed E-state index contributed by atoms with van der Waals surface area (Å²) < 4.78 is 9.96. The normalized spacial score (nSPS) is 9.78. The number of benzene rings is 1. The first-order valence-corrected chi connectivity index (χ1v) is 5.28. The van der Waals surface area contributed by atoms with E-state index in [1.54, 1.807) is 31.2 Å². The lowest BCUT2D eigenvalue weighted by molar-refractivity contribution is 0.0437. The Bertz CT molecular complexity index is 611. The minimum atomic E-state index is -0.499. The van der Waals surface area contributed by atoms with E-state index in [0.29, 0.717) is 16.9 Å². The molecule has 0 aliphatic carbocycles. The predicted octanol–water partition coefficient (Wildman–Crippen LogP) is 2.21. The molecule has 0 saturated carbocycles. The quantitative estimate of drug-likeness (QED) is 0.771. The molecule has 0 aliphatic heterocycles. The van der Waals surface area contributed by atoms with Gasteiger partial charge in [0.15, 0.2) is 12.4 Å². The van der Waals surface area contributed by atoms with Gasteiger partial charge < -0.3 is 9.26 Å². The summed E-state index contributed by atoms with van der Waals surface area (Å²) >= 11 is 0. The molecule has 0 aliphatic rings. The van der Waals surface area contributed by atoms with Crippen molar-refractivity contribution < 1.29 is 14.1 Å². The minimum absolute atomic E-state index is 0.0243. The van der Waals surface area contributed by atoms with Crippen molar-refractivity contribution in [2.24, 2.45) is 0 Å². The van der Waals surface area contributed by atoms with Gasteiger partial charge in [0.2, 0.25) is 0 Å². The summed E-state index contributed by atoms with van der Waals surface area (Å²) in [5.41, 5.74) is 1.48. The second kappa shape index (κ2) is 5.15. The van der Waals surface area contributed by atoms with Crippen LogP contribution in [0.25, 0.3) is 0 Å². The summed E-state index contributed by atoms with van der Waals surface area (Å²) in [6, 6.07) is 9.98. The van der Waals surface area contributed by atoms with Crippen molar-refractivity contribution in [1.82, 2.24) is 5.16 Å². The first kappa shape index (κ1) is 11.9. The lowest BCUT2D eigenvalue weighted by atomic mass is 10.1. The van der Waals surface area contributed by atoms with Crippen LogP contribution in [0.2, 0.25) is 0 Å². The number of carbonyl (C=O) groups is 1. The van der Waals surface area contributed by atoms with E-state index in [-0.39, 0.29) is 6.61 Å². The maximum Gasteiger partial charge on any atom is 0.338 e. The summed E-state index contributed by atoms with van der Waals surface area (Å²) in [5, 5.41) is 12.4. The van der Waals surface area contributed by atoms with Crippen LogP contribution in [-0.4, -0.2) is 11.1 Å². The molecule has 90 valence electrons. The summed E-state index contributed by atoms with van der Waals surface area (Å²) in [6.45, 7) is 1.81. The number of aromatic nitrogens is 1. The van der Waals surface area contributed by atoms with Crippen molar-refractivity contribution in [3.8, 4) is 6.07 Å². The molecule has 1 heterocycles. The van der Waals surface area contributed by atoms with Crippen LogP contribution >= 0.6 is 0 Å². The van der Waals surface area contributed by atoms with Crippen molar-refractivity contribution in [3.05, 3.63) is 52.9 Å². The van der Waals surface area contributed by atoms with Gasteiger partial charge in [0.1, 0.15) is 0 Å². The van der Waals surface area contributed by atoms with E-state index in [1.165, 1.54) is 6.07 Å². The Morgan fingerprint density at radius 1 is 1.50 bits per heavy atom. The lowest BCUT2D eigenvalue weighted by Crippen LogP contribution is -2.05. The summed E-state index contributed by atoms with van der Waals surface area (Å²) in [4.78, 5) is 11.7. The van der Waals surface area contributed by atoms with E-state index in [4.69, 9.17) is 14.5 Å². The molecule has 0 atom stereocenters. The Kier molecular flexibility index (Phi) is 3.39. The molecular weight excluding hydrogens is 232 g/mol. The Hall–Kier alpha value is -2.61. The number of carbonyl (C=O) groups excluding carboxylic acids is 1. The van der Waals surface area contributed by atoms with Gasteiger partial charge in [0, 0.05) is 6.07 Å². The van der Waals surface area contributed by atoms with Gasteiger partial charge in [-0.05, 0) is 25.1 Å². The van der Waals surface area contributed by atoms with Gasteiger partial charge in [-0.25, -0.2) is 4.79 Å². The largest absolute Gasteiger partial charge is 0.454 e. The average Bonchev–Trinajstić information content (AvgIpc) is 2.82. The fraction of sp³-hybridized carbons (Fsp3) is 0.154. The molecule has 0 fully saturated rings. The molecule has 18 heavy (non-hydrogen) atoms. The van der Waals surface area contributed by atoms with Crippen molar-refractivity contribution in [2.45, 2.75) is 13.5 Å². The standard InChI is InChI=1S/C13H10N2O3/c1-9-5-12(18-15-9)8-17-13(16)11-4-2-3-10(6-11)7-14/h2-6H,8H2,1H3. The van der Waals surface area contributed by atoms with Crippen LogP contribution < -0.4 is 0 Å². The van der Waals surface area contributed by atoms with Gasteiger partial charge in [-0.15, -0.1) is 0 Å². The smallest absolute Gasteiger partial charge is 0.338 e. The molecule has 1 aromatic heterocycles. The van der Waals surface area contributed by atoms with Crippen molar-refractivity contribution >= 4 is 5.97 Å². The first-order valence-electron chi connectivity index (χ1n) is 5.28. The number of hydrogen-bond donors (Lipinski definition) is 0. The number of rotatable bonds is 3. The highest BCUT2D eigenvalue weighted by molar-refractivity contribution is 5.89. The second-order valence-electron chi connectivity index (χ2n) is 3.70. The molecule has 5 heteroatoms. The van der Waals surface area contributed by atoms with E-state index in [2.05, 4.69) is 5.16 Å². The Labute approximate surface area is 104 Å². The van der Waals surface area contributed by atoms with Crippen LogP contribution in [0.1, 0.15) is 27.4 Å². The molecule has 0 N–H and O–H groups in total. The zero-order chi connectivity index (χ0) is 13.0. The molecule has 0 saturated heterocycles. The fourth-order valence-corrected chi connectivity index (χ4v) is 1.42. The van der Waals surface area contributed by atoms with E-state index < -0.39 is 5.97 Å². The Morgan fingerprint density at radius 2 is 2.33 bits per heavy atom. The van der Waals surface area contributed by atoms with Crippen LogP contribution in [0.5, 0.6) is 0 Å². The van der Waals surface area contributed by atoms with Crippen molar-refractivity contribution in [2.75, 3.05) is 0 Å². The van der Waals surface area contributed by atoms with E-state index in [0.717, 1.165) is 5.69 Å². The van der Waals surface area contributed by atoms with E-state index >= 15 is 0 Å². The molecule has 0 bridgehead atoms. The van der Waals surface area contributed by atoms with Crippen molar-refractivity contribution in [3.63, 3.8) is 0 Å². The second-order valence-corrected chi connectivity index (χ2v) is 3.70. The molecule has 1 aromatic carbocycles. The zero-order valence-electron chi connectivity index (χ0n) is 9.71. The molecule has 0 spiro atoms. The van der Waals surface area contributed by atoms with Crippen LogP contribution in [0, 0.1) is 18.3 Å². The number of aryl methyl sites for hydroxylation is 1. The molecule has 0 radical (unpaired) electrons. The summed E-state index contributed by atoms with van der Waals surface area (Å²) in [5.74, 6) is -0.0153. The molecule has 2 rings (SSSR count). The maximum absolute atomic E-state index is 11.7. The van der Waals surface area contributed by atoms with Gasteiger partial charge in [0.05, 0.1) is 22.9 Å². The number of nitriles is 1. The van der Waals surface area contributed by atoms with E-state index in [1.807, 2.05) is 6.07 Å². The van der Waals surface area contributed by atoms with Crippen LogP contribution in [0.3, 0.4) is 0 Å². The Balaban J connectivity index is 2.01. The average molecular weight is 242 g/mol. The third-order valence-electron chi connectivity index (χ3n) is 2.25. The first-order chi connectivity index (χ1) is 8.69. The number of hydrogen-bond acceptors (Lipinski definition) is 5. The van der Waals surface area contributed by atoms with Crippen LogP contribution in [-0.2, 0) is 11.3 Å². The molecule has 2 aromatic rings. The predicted molar refractivity (Wildman–Crippen MR) is 61.5 cm³/mol. The molecule has 0 unspecified atom stereocenters. The van der Waals surface area contributed by atoms with Gasteiger partial charge in [-0.2, -0.15) is 5.26 Å². The monoisotopic (exact) mass is 242 g/mol. The van der Waals surface area contributed by atoms with Crippen LogP contribution in [0.4, 0.5) is 0 Å². The SMILES string of the molecule is Cc1cc(COC(=O)c2cccc(C#N)c2)on1. The van der Waals surface area contributed by atoms with Gasteiger partial charge in [-0.3, -0.25) is 0 Å². The number of nitrogens with zero attached hydrogens (tertiary/aromatic N) is 2. The molecular formula is C13H10N2O3. The topological polar surface area (TPSA) is 76.1 Å². The number of ether oxygens (including phenoxy) is 1. The Morgan fingerprint density at radius 3 is 3.00 bits per heavy atom. The molecule has 0 amide bonds. The van der Waals surface area contributed by atoms with Crippen molar-refractivity contribution in [1.29, 1.82) is 5.26 Å². The minimum Gasteiger partial charge on any atom is -0.454 e. The highest BCUT2D eigenvalue weighted by atomic mass is 16.5. The highest BCUT2D eigenvalue weighted by Crippen LogP contribution is 2.09. The third kappa shape index (κ3) is 2.74. The van der Waals surface area contributed by atoms with Crippen LogP contribution in [0.15, 0.2) is 34.9 Å². The fourth-order valence-electron chi connectivity index (χ4n) is 1.42. The summed E-state index contributed by atoms with van der Waals surface area (Å²) in [7, 11) is 0. The molecule has 5 nitrogen and oxygen atoms in total. The number of esters is 1. The van der Waals surface area contributed by atoms with Gasteiger partial charge in [0.25, 0.3) is 0 Å². The maximum atomic E-state index is 11.7. The zero-order valence-corrected chi connectivity index (χ0v) is 9.71. The van der Waals surface area contributed by atoms with Gasteiger partial charge >= 0.3 is 5.97 Å². The van der Waals surface area contributed by atoms with E-state index in [9.17, 15) is 4.79 Å². The highest BCUT2D eigenvalue weighted by Gasteiger charge is 2.09. The van der Waals surface area contributed by atoms with Gasteiger partial charge in [-0.1, -0.05) is 11.2 Å². The third-order valence-corrected chi connectivity index (χ3v) is 2.25.